The molecule has 0 fully saturated rings. The molecule has 0 amide bonds. The number of aromatic nitrogens is 3. The molecule has 1 aliphatic heterocycles. The second kappa shape index (κ2) is 5.37. The Kier molecular flexibility index (Phi) is 3.35. The van der Waals surface area contributed by atoms with Gasteiger partial charge in [-0.05, 0) is 31.2 Å². The average Bonchev–Trinajstić information content (AvgIpc) is 3.14. The van der Waals surface area contributed by atoms with E-state index >= 15 is 0 Å². The van der Waals surface area contributed by atoms with Gasteiger partial charge in [0.05, 0.1) is 12.2 Å². The lowest BCUT2D eigenvalue weighted by atomic mass is 10.0. The van der Waals surface area contributed by atoms with Crippen molar-refractivity contribution in [1.82, 2.24) is 15.4 Å². The van der Waals surface area contributed by atoms with Gasteiger partial charge < -0.3 is 9.42 Å². The molecule has 22 heavy (non-hydrogen) atoms. The van der Waals surface area contributed by atoms with Gasteiger partial charge in [-0.2, -0.15) is 0 Å². The van der Waals surface area contributed by atoms with Crippen molar-refractivity contribution in [2.24, 2.45) is 0 Å². The molecule has 0 aliphatic carbocycles. The van der Waals surface area contributed by atoms with E-state index in [9.17, 15) is 0 Å². The molecule has 0 N–H and O–H groups in total. The first-order valence-electron chi connectivity index (χ1n) is 6.99. The molecule has 5 nitrogen and oxygen atoms in total. The van der Waals surface area contributed by atoms with Crippen LogP contribution < -0.4 is 4.90 Å². The Morgan fingerprint density at radius 2 is 2.05 bits per heavy atom. The molecule has 0 saturated carbocycles. The van der Waals surface area contributed by atoms with Crippen molar-refractivity contribution in [1.29, 1.82) is 0 Å². The summed E-state index contributed by atoms with van der Waals surface area (Å²) in [6, 6.07) is 7.63. The van der Waals surface area contributed by atoms with Gasteiger partial charge in [-0.3, -0.25) is 0 Å². The largest absolute Gasteiger partial charge is 0.356 e. The van der Waals surface area contributed by atoms with Gasteiger partial charge in [-0.15, -0.1) is 10.2 Å². The zero-order chi connectivity index (χ0) is 15.1. The summed E-state index contributed by atoms with van der Waals surface area (Å²) in [7, 11) is 0. The third kappa shape index (κ3) is 2.38. The Morgan fingerprint density at radius 1 is 1.23 bits per heavy atom. The maximum absolute atomic E-state index is 5.95. The lowest BCUT2D eigenvalue weighted by molar-refractivity contribution is 0.424. The number of nitrogens with zero attached hydrogens (tertiary/aromatic N) is 4. The lowest BCUT2D eigenvalue weighted by Gasteiger charge is -2.25. The van der Waals surface area contributed by atoms with E-state index < -0.39 is 0 Å². The zero-order valence-corrected chi connectivity index (χ0v) is 13.5. The van der Waals surface area contributed by atoms with Crippen LogP contribution in [0.4, 0.5) is 5.13 Å². The fraction of sp³-hybridized carbons (Fsp3) is 0.267. The Morgan fingerprint density at radius 3 is 2.77 bits per heavy atom. The molecule has 3 heterocycles. The van der Waals surface area contributed by atoms with Crippen molar-refractivity contribution in [3.63, 3.8) is 0 Å². The van der Waals surface area contributed by atoms with Crippen LogP contribution in [0.2, 0.25) is 5.02 Å². The van der Waals surface area contributed by atoms with Gasteiger partial charge in [-0.25, -0.2) is 0 Å². The molecular formula is C15H13ClN4OS. The van der Waals surface area contributed by atoms with Crippen molar-refractivity contribution in [3.05, 3.63) is 45.6 Å². The highest BCUT2D eigenvalue weighted by Gasteiger charge is 2.26. The van der Waals surface area contributed by atoms with Crippen LogP contribution in [-0.4, -0.2) is 21.9 Å². The van der Waals surface area contributed by atoms with Crippen LogP contribution >= 0.6 is 22.9 Å². The molecule has 0 atom stereocenters. The molecule has 112 valence electrons. The number of anilines is 1. The predicted molar refractivity (Wildman–Crippen MR) is 86.3 cm³/mol. The first-order chi connectivity index (χ1) is 10.7. The number of benzene rings is 1. The SMILES string of the molecule is Cc1nnc(N2CCc3noc(-c4ccc(Cl)cc4)c3C2)s1. The molecule has 1 aliphatic rings. The maximum atomic E-state index is 5.95. The summed E-state index contributed by atoms with van der Waals surface area (Å²) in [6.45, 7) is 3.59. The Labute approximate surface area is 136 Å². The van der Waals surface area contributed by atoms with Crippen LogP contribution in [0.5, 0.6) is 0 Å². The quantitative estimate of drug-likeness (QED) is 0.716. The predicted octanol–water partition coefficient (Wildman–Crippen LogP) is 3.72. The first-order valence-corrected chi connectivity index (χ1v) is 8.18. The molecule has 0 bridgehead atoms. The number of hydrogen-bond donors (Lipinski definition) is 0. The first kappa shape index (κ1) is 13.7. The fourth-order valence-corrected chi connectivity index (χ4v) is 3.46. The Bertz CT molecular complexity index is 811. The van der Waals surface area contributed by atoms with Gasteiger partial charge >= 0.3 is 0 Å². The molecule has 0 spiro atoms. The minimum atomic E-state index is 0.711. The Balaban J connectivity index is 1.69. The van der Waals surface area contributed by atoms with E-state index in [-0.39, 0.29) is 0 Å². The third-order valence-corrected chi connectivity index (χ3v) is 4.88. The summed E-state index contributed by atoms with van der Waals surface area (Å²) < 4.78 is 5.58. The van der Waals surface area contributed by atoms with Gasteiger partial charge in [0.15, 0.2) is 5.76 Å². The van der Waals surface area contributed by atoms with Gasteiger partial charge in [0.2, 0.25) is 5.13 Å². The van der Waals surface area contributed by atoms with Crippen molar-refractivity contribution in [3.8, 4) is 11.3 Å². The monoisotopic (exact) mass is 332 g/mol. The van der Waals surface area contributed by atoms with Crippen molar-refractivity contribution < 1.29 is 4.52 Å². The summed E-state index contributed by atoms with van der Waals surface area (Å²) in [5, 5.41) is 15.2. The van der Waals surface area contributed by atoms with Crippen LogP contribution in [0.15, 0.2) is 28.8 Å². The molecule has 7 heteroatoms. The minimum Gasteiger partial charge on any atom is -0.356 e. The Hall–Kier alpha value is -1.92. The van der Waals surface area contributed by atoms with Gasteiger partial charge in [0.25, 0.3) is 0 Å². The van der Waals surface area contributed by atoms with E-state index in [4.69, 9.17) is 16.1 Å². The number of fused-ring (bicyclic) bond motifs is 1. The highest BCUT2D eigenvalue weighted by molar-refractivity contribution is 7.15. The number of halogens is 1. The molecule has 0 unspecified atom stereocenters. The van der Waals surface area contributed by atoms with E-state index in [1.165, 1.54) is 0 Å². The molecule has 4 rings (SSSR count). The normalized spacial score (nSPS) is 14.2. The lowest BCUT2D eigenvalue weighted by Crippen LogP contribution is -2.30. The van der Waals surface area contributed by atoms with Crippen LogP contribution in [0.25, 0.3) is 11.3 Å². The molecular weight excluding hydrogens is 320 g/mol. The third-order valence-electron chi connectivity index (χ3n) is 3.73. The summed E-state index contributed by atoms with van der Waals surface area (Å²) >= 11 is 7.56. The van der Waals surface area contributed by atoms with Crippen LogP contribution in [-0.2, 0) is 13.0 Å². The van der Waals surface area contributed by atoms with E-state index in [1.54, 1.807) is 11.3 Å². The highest BCUT2D eigenvalue weighted by Crippen LogP contribution is 2.33. The summed E-state index contributed by atoms with van der Waals surface area (Å²) in [6.07, 6.45) is 0.852. The van der Waals surface area contributed by atoms with E-state index in [0.717, 1.165) is 52.2 Å². The molecule has 0 radical (unpaired) electrons. The van der Waals surface area contributed by atoms with Gasteiger partial charge in [0.1, 0.15) is 5.01 Å². The topological polar surface area (TPSA) is 55.1 Å². The van der Waals surface area contributed by atoms with Gasteiger partial charge in [-0.1, -0.05) is 28.1 Å². The van der Waals surface area contributed by atoms with E-state index in [0.29, 0.717) is 5.02 Å². The number of hydrogen-bond acceptors (Lipinski definition) is 6. The van der Waals surface area contributed by atoms with E-state index in [2.05, 4.69) is 20.3 Å². The number of rotatable bonds is 2. The second-order valence-corrected chi connectivity index (χ2v) is 6.82. The maximum Gasteiger partial charge on any atom is 0.208 e. The molecule has 0 saturated heterocycles. The number of aryl methyl sites for hydroxylation is 1. The molecule has 3 aromatic rings. The van der Waals surface area contributed by atoms with Crippen molar-refractivity contribution in [2.45, 2.75) is 19.9 Å². The summed E-state index contributed by atoms with van der Waals surface area (Å²) in [4.78, 5) is 2.23. The van der Waals surface area contributed by atoms with E-state index in [1.807, 2.05) is 31.2 Å². The average molecular weight is 333 g/mol. The summed E-state index contributed by atoms with van der Waals surface area (Å²) in [5.41, 5.74) is 3.15. The fourth-order valence-electron chi connectivity index (χ4n) is 2.62. The van der Waals surface area contributed by atoms with Crippen molar-refractivity contribution in [2.75, 3.05) is 11.4 Å². The van der Waals surface area contributed by atoms with Crippen molar-refractivity contribution >= 4 is 28.1 Å². The smallest absolute Gasteiger partial charge is 0.208 e. The van der Waals surface area contributed by atoms with Crippen LogP contribution in [0, 0.1) is 6.92 Å². The van der Waals surface area contributed by atoms with Crippen LogP contribution in [0.1, 0.15) is 16.3 Å². The molecule has 2 aromatic heterocycles. The molecule has 1 aromatic carbocycles. The highest BCUT2D eigenvalue weighted by atomic mass is 35.5. The minimum absolute atomic E-state index is 0.711. The van der Waals surface area contributed by atoms with Gasteiger partial charge in [0, 0.05) is 29.1 Å². The second-order valence-electron chi connectivity index (χ2n) is 5.22. The summed E-state index contributed by atoms with van der Waals surface area (Å²) in [5.74, 6) is 0.817. The van der Waals surface area contributed by atoms with Crippen LogP contribution in [0.3, 0.4) is 0 Å². The zero-order valence-electron chi connectivity index (χ0n) is 11.9. The standard InChI is InChI=1S/C15H13ClN4OS/c1-9-17-18-15(22-9)20-7-6-13-12(8-20)14(21-19-13)10-2-4-11(16)5-3-10/h2-5H,6-8H2,1H3.